The van der Waals surface area contributed by atoms with Crippen molar-refractivity contribution in [3.8, 4) is 5.75 Å². The Balaban J connectivity index is 0.00000242. The fourth-order valence-electron chi connectivity index (χ4n) is 2.45. The zero-order valence-electron chi connectivity index (χ0n) is 13.5. The maximum Gasteiger partial charge on any atom is 0.223 e. The van der Waals surface area contributed by atoms with Gasteiger partial charge >= 0.3 is 0 Å². The van der Waals surface area contributed by atoms with Gasteiger partial charge in [-0.25, -0.2) is 6.08 Å². The van der Waals surface area contributed by atoms with Gasteiger partial charge in [-0.2, -0.15) is 0 Å². The number of allylic oxidation sites excluding steroid dienone is 1. The summed E-state index contributed by atoms with van der Waals surface area (Å²) in [7, 11) is 1.65. The molecule has 2 rings (SSSR count). The van der Waals surface area contributed by atoms with E-state index in [1.807, 2.05) is 32.0 Å². The van der Waals surface area contributed by atoms with Crippen molar-refractivity contribution in [1.29, 1.82) is 0 Å². The summed E-state index contributed by atoms with van der Waals surface area (Å²) < 4.78 is 10.6. The van der Waals surface area contributed by atoms with Crippen LogP contribution in [-0.4, -0.2) is 37.7 Å². The van der Waals surface area contributed by atoms with Gasteiger partial charge in [-0.1, -0.05) is 6.92 Å². The first kappa shape index (κ1) is 19.3. The van der Waals surface area contributed by atoms with Crippen molar-refractivity contribution in [2.24, 2.45) is 0 Å². The molecule has 1 heterocycles. The first-order valence-electron chi connectivity index (χ1n) is 7.31. The number of benzene rings is 1. The molecule has 0 fully saturated rings. The summed E-state index contributed by atoms with van der Waals surface area (Å²) in [5, 5.41) is 0. The Morgan fingerprint density at radius 1 is 1.32 bits per heavy atom. The van der Waals surface area contributed by atoms with Crippen LogP contribution >= 0.6 is 0 Å². The van der Waals surface area contributed by atoms with E-state index < -0.39 is 0 Å². The van der Waals surface area contributed by atoms with Crippen molar-refractivity contribution in [3.63, 3.8) is 0 Å². The van der Waals surface area contributed by atoms with Gasteiger partial charge in [0.05, 0.1) is 6.61 Å². The standard InChI is InChI=1S/C17H22NO3.Y/c1-4-18-16(6-5-7-17(18)19)15-9-8-14(12-13(15)2)21-11-10-20-3;/h8-9,12H,4-5,7,10-11H2,1-3H3;/q-1;. The van der Waals surface area contributed by atoms with Crippen LogP contribution in [0.5, 0.6) is 5.75 Å². The molecule has 117 valence electrons. The minimum atomic E-state index is 0. The van der Waals surface area contributed by atoms with E-state index in [9.17, 15) is 4.79 Å². The molecule has 0 atom stereocenters. The summed E-state index contributed by atoms with van der Waals surface area (Å²) >= 11 is 0. The maximum atomic E-state index is 12.0. The normalized spacial score (nSPS) is 14.4. The van der Waals surface area contributed by atoms with Crippen LogP contribution < -0.4 is 4.74 Å². The van der Waals surface area contributed by atoms with Gasteiger partial charge in [0.25, 0.3) is 0 Å². The molecule has 1 aliphatic heterocycles. The predicted octanol–water partition coefficient (Wildman–Crippen LogP) is 2.80. The molecular formula is C17H22NO3Y-. The summed E-state index contributed by atoms with van der Waals surface area (Å²) in [5.74, 6) is 0.991. The van der Waals surface area contributed by atoms with Crippen LogP contribution in [0.4, 0.5) is 0 Å². The Labute approximate surface area is 157 Å². The summed E-state index contributed by atoms with van der Waals surface area (Å²) in [6, 6.07) is 5.92. The summed E-state index contributed by atoms with van der Waals surface area (Å²) in [4.78, 5) is 13.8. The minimum Gasteiger partial charge on any atom is -0.491 e. The Bertz CT molecular complexity index is 543. The summed E-state index contributed by atoms with van der Waals surface area (Å²) in [6.07, 6.45) is 4.58. The van der Waals surface area contributed by atoms with Crippen molar-refractivity contribution in [3.05, 3.63) is 35.4 Å². The van der Waals surface area contributed by atoms with Crippen LogP contribution in [0.3, 0.4) is 0 Å². The number of rotatable bonds is 6. The van der Waals surface area contributed by atoms with E-state index in [2.05, 4.69) is 6.08 Å². The van der Waals surface area contributed by atoms with Crippen molar-refractivity contribution >= 4 is 11.6 Å². The van der Waals surface area contributed by atoms with E-state index in [0.29, 0.717) is 32.6 Å². The molecule has 0 unspecified atom stereocenters. The summed E-state index contributed by atoms with van der Waals surface area (Å²) in [6.45, 7) is 5.79. The number of ether oxygens (including phenoxy) is 2. The average molecular weight is 377 g/mol. The SMILES string of the molecule is CCN1C(=O)CC[C-]=C1c1ccc(OCCOC)cc1C.[Y]. The zero-order valence-corrected chi connectivity index (χ0v) is 16.4. The molecule has 1 radical (unpaired) electrons. The molecule has 0 saturated heterocycles. The number of amides is 1. The van der Waals surface area contributed by atoms with Crippen molar-refractivity contribution in [2.45, 2.75) is 26.7 Å². The predicted molar refractivity (Wildman–Crippen MR) is 81.8 cm³/mol. The van der Waals surface area contributed by atoms with Crippen LogP contribution in [0, 0.1) is 13.0 Å². The van der Waals surface area contributed by atoms with Crippen molar-refractivity contribution < 1.29 is 47.0 Å². The Morgan fingerprint density at radius 3 is 2.73 bits per heavy atom. The van der Waals surface area contributed by atoms with Crippen LogP contribution in [0.25, 0.3) is 5.70 Å². The van der Waals surface area contributed by atoms with Crippen LogP contribution in [0.15, 0.2) is 18.2 Å². The molecule has 0 saturated carbocycles. The van der Waals surface area contributed by atoms with E-state index in [-0.39, 0.29) is 38.6 Å². The van der Waals surface area contributed by atoms with Crippen LogP contribution in [0.2, 0.25) is 0 Å². The number of aryl methyl sites for hydroxylation is 1. The van der Waals surface area contributed by atoms with Crippen molar-refractivity contribution in [1.82, 2.24) is 4.90 Å². The Morgan fingerprint density at radius 2 is 2.09 bits per heavy atom. The summed E-state index contributed by atoms with van der Waals surface area (Å²) in [5.41, 5.74) is 3.03. The topological polar surface area (TPSA) is 38.8 Å². The third-order valence-electron chi connectivity index (χ3n) is 3.53. The molecule has 0 spiro atoms. The molecule has 1 aliphatic rings. The van der Waals surface area contributed by atoms with Gasteiger partial charge in [-0.05, 0) is 19.1 Å². The second kappa shape index (κ2) is 9.44. The molecule has 1 aromatic rings. The van der Waals surface area contributed by atoms with Gasteiger partial charge in [0.1, 0.15) is 12.4 Å². The molecule has 0 N–H and O–H groups in total. The number of hydrogen-bond donors (Lipinski definition) is 0. The molecule has 4 nitrogen and oxygen atoms in total. The second-order valence-electron chi connectivity index (χ2n) is 4.98. The molecule has 0 aromatic heterocycles. The van der Waals surface area contributed by atoms with Gasteiger partial charge in [-0.3, -0.25) is 4.79 Å². The number of methoxy groups -OCH3 is 1. The van der Waals surface area contributed by atoms with Gasteiger partial charge in [0, 0.05) is 52.8 Å². The van der Waals surface area contributed by atoms with E-state index in [4.69, 9.17) is 9.47 Å². The third-order valence-corrected chi connectivity index (χ3v) is 3.53. The van der Waals surface area contributed by atoms with Crippen LogP contribution in [0.1, 0.15) is 30.9 Å². The van der Waals surface area contributed by atoms with Gasteiger partial charge in [0.15, 0.2) is 0 Å². The maximum absolute atomic E-state index is 12.0. The number of carbonyl (C=O) groups excluding carboxylic acids is 1. The van der Waals surface area contributed by atoms with E-state index in [0.717, 1.165) is 22.6 Å². The Hall–Kier alpha value is -0.706. The number of carbonyl (C=O) groups is 1. The van der Waals surface area contributed by atoms with Gasteiger partial charge in [-0.15, -0.1) is 29.3 Å². The minimum absolute atomic E-state index is 0. The molecule has 1 amide bonds. The van der Waals surface area contributed by atoms with E-state index in [1.54, 1.807) is 12.0 Å². The smallest absolute Gasteiger partial charge is 0.223 e. The van der Waals surface area contributed by atoms with E-state index >= 15 is 0 Å². The molecule has 0 bridgehead atoms. The molecule has 5 heteroatoms. The molecule has 22 heavy (non-hydrogen) atoms. The molecule has 0 aliphatic carbocycles. The average Bonchev–Trinajstić information content (AvgIpc) is 2.47. The van der Waals surface area contributed by atoms with Crippen LogP contribution in [-0.2, 0) is 42.2 Å². The molecule has 1 aromatic carbocycles. The third kappa shape index (κ3) is 4.64. The first-order valence-corrected chi connectivity index (χ1v) is 7.31. The Kier molecular flexibility index (Phi) is 8.30. The second-order valence-corrected chi connectivity index (χ2v) is 4.98. The van der Waals surface area contributed by atoms with Gasteiger partial charge < -0.3 is 14.4 Å². The fourth-order valence-corrected chi connectivity index (χ4v) is 2.45. The number of nitrogens with zero attached hydrogens (tertiary/aromatic N) is 1. The monoisotopic (exact) mass is 377 g/mol. The fraction of sp³-hybridized carbons (Fsp3) is 0.471. The molecular weight excluding hydrogens is 355 g/mol. The van der Waals surface area contributed by atoms with E-state index in [1.165, 1.54) is 0 Å². The van der Waals surface area contributed by atoms with Crippen molar-refractivity contribution in [2.75, 3.05) is 26.9 Å². The zero-order chi connectivity index (χ0) is 15.2. The number of hydrogen-bond acceptors (Lipinski definition) is 3. The first-order chi connectivity index (χ1) is 10.2. The van der Waals surface area contributed by atoms with Gasteiger partial charge in [0.2, 0.25) is 5.91 Å². The largest absolute Gasteiger partial charge is 0.491 e. The quantitative estimate of drug-likeness (QED) is 0.565.